The molecule has 1 saturated carbocycles. The van der Waals surface area contributed by atoms with Crippen LogP contribution in [-0.4, -0.2) is 17.5 Å². The van der Waals surface area contributed by atoms with E-state index in [-0.39, 0.29) is 12.4 Å². The normalized spacial score (nSPS) is 17.9. The highest BCUT2D eigenvalue weighted by molar-refractivity contribution is 6.02. The van der Waals surface area contributed by atoms with Gasteiger partial charge in [0, 0.05) is 5.56 Å². The van der Waals surface area contributed by atoms with Gasteiger partial charge < -0.3 is 5.11 Å². The molecule has 1 aliphatic rings. The lowest BCUT2D eigenvalue weighted by atomic mass is 9.95. The maximum absolute atomic E-state index is 12.0. The minimum absolute atomic E-state index is 0.0141. The molecule has 1 N–H and O–H groups in total. The van der Waals surface area contributed by atoms with Gasteiger partial charge in [-0.25, -0.2) is 0 Å². The van der Waals surface area contributed by atoms with Crippen molar-refractivity contribution in [2.45, 2.75) is 19.8 Å². The number of benzene rings is 1. The van der Waals surface area contributed by atoms with E-state index in [4.69, 9.17) is 5.11 Å². The lowest BCUT2D eigenvalue weighted by molar-refractivity contribution is 0.0829. The number of aliphatic hydroxyl groups is 1. The van der Waals surface area contributed by atoms with Crippen LogP contribution < -0.4 is 0 Å². The van der Waals surface area contributed by atoms with Gasteiger partial charge in [0.1, 0.15) is 0 Å². The molecule has 0 spiro atoms. The Labute approximate surface area is 83.6 Å². The van der Waals surface area contributed by atoms with Crippen molar-refractivity contribution in [1.29, 1.82) is 0 Å². The Kier molecular flexibility index (Phi) is 2.16. The summed E-state index contributed by atoms with van der Waals surface area (Å²) in [5.74, 6) is 0.101. The van der Waals surface area contributed by atoms with E-state index in [1.807, 2.05) is 31.2 Å². The zero-order valence-electron chi connectivity index (χ0n) is 8.29. The van der Waals surface area contributed by atoms with Crippen LogP contribution in [0, 0.1) is 12.3 Å². The predicted octanol–water partition coefficient (Wildman–Crippen LogP) is 1.95. The number of hydrogen-bond acceptors (Lipinski definition) is 2. The van der Waals surface area contributed by atoms with E-state index in [0.29, 0.717) is 0 Å². The zero-order chi connectivity index (χ0) is 10.2. The summed E-state index contributed by atoms with van der Waals surface area (Å²) in [5, 5.41) is 9.14. The van der Waals surface area contributed by atoms with Gasteiger partial charge in [-0.3, -0.25) is 4.79 Å². The Morgan fingerprint density at radius 1 is 1.50 bits per heavy atom. The Balaban J connectivity index is 2.28. The van der Waals surface area contributed by atoms with Crippen LogP contribution in [0.5, 0.6) is 0 Å². The monoisotopic (exact) mass is 190 g/mol. The van der Waals surface area contributed by atoms with Gasteiger partial charge in [-0.1, -0.05) is 23.8 Å². The molecule has 1 aliphatic carbocycles. The second-order valence-electron chi connectivity index (χ2n) is 4.14. The number of carbonyl (C=O) groups is 1. The molecule has 1 aromatic carbocycles. The second-order valence-corrected chi connectivity index (χ2v) is 4.14. The lowest BCUT2D eigenvalue weighted by Gasteiger charge is -2.10. The van der Waals surface area contributed by atoms with Crippen molar-refractivity contribution in [3.05, 3.63) is 35.4 Å². The summed E-state index contributed by atoms with van der Waals surface area (Å²) in [7, 11) is 0. The first kappa shape index (κ1) is 9.41. The molecular formula is C12H14O2. The highest BCUT2D eigenvalue weighted by Crippen LogP contribution is 2.47. The van der Waals surface area contributed by atoms with Gasteiger partial charge in [-0.05, 0) is 25.8 Å². The van der Waals surface area contributed by atoms with Crippen molar-refractivity contribution in [2.24, 2.45) is 5.41 Å². The maximum atomic E-state index is 12.0. The van der Waals surface area contributed by atoms with Gasteiger partial charge in [0.05, 0.1) is 12.0 Å². The third-order valence-electron chi connectivity index (χ3n) is 2.92. The Bertz CT molecular complexity index is 364. The Hall–Kier alpha value is -1.15. The van der Waals surface area contributed by atoms with Crippen LogP contribution in [0.15, 0.2) is 24.3 Å². The van der Waals surface area contributed by atoms with Crippen LogP contribution in [-0.2, 0) is 0 Å². The first-order valence-electron chi connectivity index (χ1n) is 4.90. The number of rotatable bonds is 3. The summed E-state index contributed by atoms with van der Waals surface area (Å²) in [6.45, 7) is 1.95. The van der Waals surface area contributed by atoms with Crippen molar-refractivity contribution >= 4 is 5.78 Å². The van der Waals surface area contributed by atoms with Gasteiger partial charge in [-0.15, -0.1) is 0 Å². The topological polar surface area (TPSA) is 37.3 Å². The van der Waals surface area contributed by atoms with Crippen molar-refractivity contribution in [2.75, 3.05) is 6.61 Å². The number of ketones is 1. The van der Waals surface area contributed by atoms with E-state index >= 15 is 0 Å². The fourth-order valence-corrected chi connectivity index (χ4v) is 1.70. The summed E-state index contributed by atoms with van der Waals surface area (Å²) in [4.78, 5) is 12.0. The maximum Gasteiger partial charge on any atom is 0.171 e. The van der Waals surface area contributed by atoms with Crippen molar-refractivity contribution in [3.8, 4) is 0 Å². The fourth-order valence-electron chi connectivity index (χ4n) is 1.70. The molecule has 0 bridgehead atoms. The van der Waals surface area contributed by atoms with Gasteiger partial charge in [-0.2, -0.15) is 0 Å². The summed E-state index contributed by atoms with van der Waals surface area (Å²) in [6.07, 6.45) is 1.66. The second kappa shape index (κ2) is 3.21. The van der Waals surface area contributed by atoms with Crippen LogP contribution >= 0.6 is 0 Å². The van der Waals surface area contributed by atoms with Gasteiger partial charge in [0.15, 0.2) is 5.78 Å². The van der Waals surface area contributed by atoms with E-state index in [1.54, 1.807) is 0 Å². The molecule has 0 aliphatic heterocycles. The van der Waals surface area contributed by atoms with Crippen LogP contribution in [0.25, 0.3) is 0 Å². The quantitative estimate of drug-likeness (QED) is 0.740. The molecular weight excluding hydrogens is 176 g/mol. The van der Waals surface area contributed by atoms with E-state index < -0.39 is 5.41 Å². The highest BCUT2D eigenvalue weighted by Gasteiger charge is 2.49. The first-order valence-corrected chi connectivity index (χ1v) is 4.90. The highest BCUT2D eigenvalue weighted by atomic mass is 16.3. The predicted molar refractivity (Wildman–Crippen MR) is 54.3 cm³/mol. The van der Waals surface area contributed by atoms with Crippen molar-refractivity contribution < 1.29 is 9.90 Å². The number of aryl methyl sites for hydroxylation is 1. The smallest absolute Gasteiger partial charge is 0.171 e. The molecule has 0 radical (unpaired) electrons. The summed E-state index contributed by atoms with van der Waals surface area (Å²) < 4.78 is 0. The van der Waals surface area contributed by atoms with Crippen LogP contribution in [0.1, 0.15) is 28.8 Å². The average molecular weight is 190 g/mol. The molecule has 0 atom stereocenters. The van der Waals surface area contributed by atoms with Crippen molar-refractivity contribution in [1.82, 2.24) is 0 Å². The summed E-state index contributed by atoms with van der Waals surface area (Å²) in [6, 6.07) is 7.56. The molecule has 14 heavy (non-hydrogen) atoms. The SMILES string of the molecule is Cc1cccc(C(=O)C2(CO)CC2)c1. The van der Waals surface area contributed by atoms with Gasteiger partial charge in [0.2, 0.25) is 0 Å². The zero-order valence-corrected chi connectivity index (χ0v) is 8.29. The molecule has 0 heterocycles. The molecule has 0 unspecified atom stereocenters. The molecule has 0 aromatic heterocycles. The van der Waals surface area contributed by atoms with E-state index in [9.17, 15) is 4.79 Å². The van der Waals surface area contributed by atoms with Crippen LogP contribution in [0.3, 0.4) is 0 Å². The third kappa shape index (κ3) is 1.46. The van der Waals surface area contributed by atoms with Crippen LogP contribution in [0.2, 0.25) is 0 Å². The lowest BCUT2D eigenvalue weighted by Crippen LogP contribution is -2.20. The molecule has 0 amide bonds. The van der Waals surface area contributed by atoms with Gasteiger partial charge in [0.25, 0.3) is 0 Å². The van der Waals surface area contributed by atoms with E-state index in [2.05, 4.69) is 0 Å². The molecule has 2 heteroatoms. The van der Waals surface area contributed by atoms with Gasteiger partial charge >= 0.3 is 0 Å². The minimum Gasteiger partial charge on any atom is -0.395 e. The molecule has 1 fully saturated rings. The number of carbonyl (C=O) groups excluding carboxylic acids is 1. The molecule has 74 valence electrons. The molecule has 0 saturated heterocycles. The average Bonchev–Trinajstić information content (AvgIpc) is 2.97. The first-order chi connectivity index (χ1) is 6.68. The van der Waals surface area contributed by atoms with Crippen molar-refractivity contribution in [3.63, 3.8) is 0 Å². The number of hydrogen-bond donors (Lipinski definition) is 1. The summed E-state index contributed by atoms with van der Waals surface area (Å²) >= 11 is 0. The third-order valence-corrected chi connectivity index (χ3v) is 2.92. The summed E-state index contributed by atoms with van der Waals surface area (Å²) in [5.41, 5.74) is 1.38. The Morgan fingerprint density at radius 3 is 2.71 bits per heavy atom. The van der Waals surface area contributed by atoms with Crippen LogP contribution in [0.4, 0.5) is 0 Å². The molecule has 2 rings (SSSR count). The number of Topliss-reactive ketones (excluding diaryl/α,β-unsaturated/α-hetero) is 1. The largest absolute Gasteiger partial charge is 0.395 e. The fraction of sp³-hybridized carbons (Fsp3) is 0.417. The Morgan fingerprint density at radius 2 is 2.21 bits per heavy atom. The molecule has 1 aromatic rings. The van der Waals surface area contributed by atoms with E-state index in [0.717, 1.165) is 24.0 Å². The minimum atomic E-state index is -0.437. The standard InChI is InChI=1S/C12H14O2/c1-9-3-2-4-10(7-9)11(14)12(8-13)5-6-12/h2-4,7,13H,5-6,8H2,1H3. The molecule has 2 nitrogen and oxygen atoms in total. The number of aliphatic hydroxyl groups excluding tert-OH is 1. The van der Waals surface area contributed by atoms with E-state index in [1.165, 1.54) is 0 Å².